The number of oxime groups is 1. The third-order valence-electron chi connectivity index (χ3n) is 3.02. The lowest BCUT2D eigenvalue weighted by molar-refractivity contribution is 0.0379. The lowest BCUT2D eigenvalue weighted by atomic mass is 10.1. The van der Waals surface area contributed by atoms with Crippen LogP contribution in [0, 0.1) is 0 Å². The van der Waals surface area contributed by atoms with Gasteiger partial charge >= 0.3 is 0 Å². The van der Waals surface area contributed by atoms with Gasteiger partial charge in [0, 0.05) is 34.7 Å². The van der Waals surface area contributed by atoms with Crippen LogP contribution in [-0.2, 0) is 4.84 Å². The van der Waals surface area contributed by atoms with Crippen molar-refractivity contribution in [1.82, 2.24) is 10.3 Å². The highest BCUT2D eigenvalue weighted by Crippen LogP contribution is 2.15. The molecule has 2 aromatic rings. The summed E-state index contributed by atoms with van der Waals surface area (Å²) in [5.41, 5.74) is 2.01. The molecule has 1 aromatic heterocycles. The van der Waals surface area contributed by atoms with Gasteiger partial charge < -0.3 is 20.2 Å². The number of aliphatic hydroxyl groups excluding tert-OH is 1. The number of fused-ring (bicyclic) bond motifs is 1. The van der Waals surface area contributed by atoms with Gasteiger partial charge in [0.05, 0.1) is 6.21 Å². The van der Waals surface area contributed by atoms with E-state index in [4.69, 9.17) is 4.84 Å². The van der Waals surface area contributed by atoms with E-state index in [0.717, 1.165) is 16.5 Å². The van der Waals surface area contributed by atoms with Crippen LogP contribution < -0.4 is 5.32 Å². The average Bonchev–Trinajstić information content (AvgIpc) is 2.84. The summed E-state index contributed by atoms with van der Waals surface area (Å²) in [6.45, 7) is 6.80. The van der Waals surface area contributed by atoms with Gasteiger partial charge in [-0.3, -0.25) is 0 Å². The Balaban J connectivity index is 1.80. The summed E-state index contributed by atoms with van der Waals surface area (Å²) in [6, 6.07) is 8.00. The predicted octanol–water partition coefficient (Wildman–Crippen LogP) is 2.27. The topological polar surface area (TPSA) is 69.6 Å². The van der Waals surface area contributed by atoms with E-state index in [0.29, 0.717) is 6.54 Å². The average molecular weight is 289 g/mol. The van der Waals surface area contributed by atoms with Gasteiger partial charge in [-0.1, -0.05) is 23.4 Å². The zero-order valence-electron chi connectivity index (χ0n) is 12.8. The number of H-pyrrole nitrogens is 1. The Morgan fingerprint density at radius 2 is 2.14 bits per heavy atom. The van der Waals surface area contributed by atoms with Crippen LogP contribution in [0.3, 0.4) is 0 Å². The van der Waals surface area contributed by atoms with Crippen molar-refractivity contribution >= 4 is 17.1 Å². The molecule has 3 N–H and O–H groups in total. The number of nitrogens with zero attached hydrogens (tertiary/aromatic N) is 1. The van der Waals surface area contributed by atoms with Crippen molar-refractivity contribution in [3.63, 3.8) is 0 Å². The van der Waals surface area contributed by atoms with Crippen molar-refractivity contribution in [2.75, 3.05) is 13.2 Å². The molecular formula is C16H23N3O2. The van der Waals surface area contributed by atoms with E-state index in [1.54, 1.807) is 6.21 Å². The van der Waals surface area contributed by atoms with Crippen molar-refractivity contribution in [1.29, 1.82) is 0 Å². The first-order chi connectivity index (χ1) is 9.96. The Hall–Kier alpha value is -1.85. The third kappa shape index (κ3) is 4.88. The molecule has 2 rings (SSSR count). The molecule has 0 radical (unpaired) electrons. The zero-order chi connectivity index (χ0) is 15.3. The minimum atomic E-state index is -0.579. The van der Waals surface area contributed by atoms with E-state index in [-0.39, 0.29) is 12.1 Å². The molecule has 1 unspecified atom stereocenters. The molecule has 0 aliphatic heterocycles. The summed E-state index contributed by atoms with van der Waals surface area (Å²) in [4.78, 5) is 8.32. The fraction of sp³-hybridized carbons (Fsp3) is 0.438. The van der Waals surface area contributed by atoms with Gasteiger partial charge in [-0.25, -0.2) is 0 Å². The molecule has 0 saturated heterocycles. The highest BCUT2D eigenvalue weighted by molar-refractivity contribution is 5.98. The Morgan fingerprint density at radius 3 is 2.90 bits per heavy atom. The molecule has 5 nitrogen and oxygen atoms in total. The zero-order valence-corrected chi connectivity index (χ0v) is 12.8. The number of rotatable bonds is 6. The number of hydrogen-bond acceptors (Lipinski definition) is 4. The lowest BCUT2D eigenvalue weighted by Crippen LogP contribution is -2.42. The summed E-state index contributed by atoms with van der Waals surface area (Å²) in [7, 11) is 0. The summed E-state index contributed by atoms with van der Waals surface area (Å²) in [6.07, 6.45) is 2.96. The number of benzene rings is 1. The summed E-state index contributed by atoms with van der Waals surface area (Å²) < 4.78 is 0. The van der Waals surface area contributed by atoms with Crippen LogP contribution in [-0.4, -0.2) is 41.1 Å². The van der Waals surface area contributed by atoms with Gasteiger partial charge in [0.1, 0.15) is 12.7 Å². The quantitative estimate of drug-likeness (QED) is 0.564. The van der Waals surface area contributed by atoms with Crippen molar-refractivity contribution in [3.8, 4) is 0 Å². The molecular weight excluding hydrogens is 266 g/mol. The van der Waals surface area contributed by atoms with Crippen LogP contribution in [0.15, 0.2) is 35.6 Å². The van der Waals surface area contributed by atoms with Crippen molar-refractivity contribution in [2.24, 2.45) is 5.16 Å². The van der Waals surface area contributed by atoms with Crippen LogP contribution in [0.2, 0.25) is 0 Å². The van der Waals surface area contributed by atoms with Crippen LogP contribution in [0.25, 0.3) is 10.9 Å². The van der Waals surface area contributed by atoms with E-state index in [1.165, 1.54) is 0 Å². The largest absolute Gasteiger partial charge is 0.393 e. The Morgan fingerprint density at radius 1 is 1.38 bits per heavy atom. The standard InChI is InChI=1S/C16H23N3O2/c1-16(2,3)18-10-13(20)11-21-19-9-12-8-17-15-7-5-4-6-14(12)15/h4-9,13,17-18,20H,10-11H2,1-3H3/b19-9+. The van der Waals surface area contributed by atoms with Crippen molar-refractivity contribution < 1.29 is 9.94 Å². The number of nitrogens with one attached hydrogen (secondary N) is 2. The van der Waals surface area contributed by atoms with E-state index < -0.39 is 6.10 Å². The third-order valence-corrected chi connectivity index (χ3v) is 3.02. The summed E-state index contributed by atoms with van der Waals surface area (Å²) in [5, 5.41) is 18.0. The van der Waals surface area contributed by atoms with Crippen molar-refractivity contribution in [3.05, 3.63) is 36.0 Å². The second-order valence-corrected chi connectivity index (χ2v) is 6.10. The molecule has 0 fully saturated rings. The van der Waals surface area contributed by atoms with Crippen LogP contribution in [0.1, 0.15) is 26.3 Å². The molecule has 1 aromatic carbocycles. The highest BCUT2D eigenvalue weighted by Gasteiger charge is 2.12. The number of aliphatic hydroxyl groups is 1. The molecule has 0 amide bonds. The fourth-order valence-electron chi connectivity index (χ4n) is 1.91. The monoisotopic (exact) mass is 289 g/mol. The van der Waals surface area contributed by atoms with Gasteiger partial charge in [-0.05, 0) is 26.8 Å². The number of para-hydroxylation sites is 1. The predicted molar refractivity (Wildman–Crippen MR) is 85.6 cm³/mol. The number of β-amino-alcohol motifs (C(OH)–C–C–N with tert-alkyl or cyclic N) is 1. The molecule has 0 saturated carbocycles. The number of hydrogen-bond donors (Lipinski definition) is 3. The van der Waals surface area contributed by atoms with E-state index >= 15 is 0 Å². The Labute approximate surface area is 125 Å². The van der Waals surface area contributed by atoms with Crippen LogP contribution in [0.5, 0.6) is 0 Å². The first kappa shape index (κ1) is 15.5. The first-order valence-electron chi connectivity index (χ1n) is 7.10. The van der Waals surface area contributed by atoms with Crippen LogP contribution in [0.4, 0.5) is 0 Å². The van der Waals surface area contributed by atoms with Gasteiger partial charge in [-0.15, -0.1) is 0 Å². The molecule has 0 aliphatic carbocycles. The first-order valence-corrected chi connectivity index (χ1v) is 7.10. The van der Waals surface area contributed by atoms with Gasteiger partial charge in [-0.2, -0.15) is 0 Å². The second-order valence-electron chi connectivity index (χ2n) is 6.10. The molecule has 1 atom stereocenters. The van der Waals surface area contributed by atoms with E-state index in [1.807, 2.05) is 30.5 Å². The molecule has 21 heavy (non-hydrogen) atoms. The number of aromatic nitrogens is 1. The van der Waals surface area contributed by atoms with Gasteiger partial charge in [0.25, 0.3) is 0 Å². The second kappa shape index (κ2) is 6.74. The normalized spacial score (nSPS) is 13.9. The number of aromatic amines is 1. The van der Waals surface area contributed by atoms with E-state index in [2.05, 4.69) is 36.2 Å². The minimum Gasteiger partial charge on any atom is -0.393 e. The Kier molecular flexibility index (Phi) is 4.98. The van der Waals surface area contributed by atoms with Crippen molar-refractivity contribution in [2.45, 2.75) is 32.4 Å². The maximum Gasteiger partial charge on any atom is 0.144 e. The lowest BCUT2D eigenvalue weighted by Gasteiger charge is -2.22. The molecule has 5 heteroatoms. The molecule has 0 spiro atoms. The van der Waals surface area contributed by atoms with Gasteiger partial charge in [0.2, 0.25) is 0 Å². The molecule has 0 aliphatic rings. The smallest absolute Gasteiger partial charge is 0.144 e. The maximum atomic E-state index is 9.77. The Bertz CT molecular complexity index is 599. The fourth-order valence-corrected chi connectivity index (χ4v) is 1.91. The van der Waals surface area contributed by atoms with Crippen LogP contribution >= 0.6 is 0 Å². The summed E-state index contributed by atoms with van der Waals surface area (Å²) in [5.74, 6) is 0. The maximum absolute atomic E-state index is 9.77. The van der Waals surface area contributed by atoms with Gasteiger partial charge in [0.15, 0.2) is 0 Å². The molecule has 0 bridgehead atoms. The minimum absolute atomic E-state index is 0.0196. The molecule has 1 heterocycles. The summed E-state index contributed by atoms with van der Waals surface area (Å²) >= 11 is 0. The molecule has 114 valence electrons. The van der Waals surface area contributed by atoms with E-state index in [9.17, 15) is 5.11 Å². The highest BCUT2D eigenvalue weighted by atomic mass is 16.6. The SMILES string of the molecule is CC(C)(C)NCC(O)CO/N=C/c1c[nH]c2ccccc12.